The molecule has 0 radical (unpaired) electrons. The quantitative estimate of drug-likeness (QED) is 0.818. The van der Waals surface area contributed by atoms with Crippen molar-refractivity contribution < 1.29 is 9.59 Å². The summed E-state index contributed by atoms with van der Waals surface area (Å²) < 4.78 is 0. The molecule has 5 nitrogen and oxygen atoms in total. The molecule has 1 atom stereocenters. The van der Waals surface area contributed by atoms with Crippen LogP contribution in [-0.2, 0) is 16.0 Å². The third-order valence-electron chi connectivity index (χ3n) is 5.42. The highest BCUT2D eigenvalue weighted by Gasteiger charge is 2.29. The van der Waals surface area contributed by atoms with E-state index in [1.807, 2.05) is 43.1 Å². The molecule has 146 valence electrons. The average molecular weight is 370 g/mol. The molecule has 2 heterocycles. The van der Waals surface area contributed by atoms with Gasteiger partial charge in [0, 0.05) is 43.0 Å². The Balaban J connectivity index is 1.78. The zero-order chi connectivity index (χ0) is 19.4. The van der Waals surface area contributed by atoms with Crippen LogP contribution in [0.4, 0.5) is 0 Å². The highest BCUT2D eigenvalue weighted by molar-refractivity contribution is 5.89. The number of benzene rings is 1. The van der Waals surface area contributed by atoms with Gasteiger partial charge in [0.25, 0.3) is 0 Å². The zero-order valence-electron chi connectivity index (χ0n) is 16.6. The number of H-pyrrole nitrogens is 1. The molecule has 2 aromatic rings. The highest BCUT2D eigenvalue weighted by Crippen LogP contribution is 2.21. The number of carbonyl (C=O) groups excluding carboxylic acids is 2. The van der Waals surface area contributed by atoms with Gasteiger partial charge in [-0.15, -0.1) is 0 Å². The number of aromatic nitrogens is 1. The van der Waals surface area contributed by atoms with Gasteiger partial charge in [0.1, 0.15) is 6.04 Å². The number of nitrogens with zero attached hydrogens (tertiary/aromatic N) is 1. The first-order chi connectivity index (χ1) is 12.9. The van der Waals surface area contributed by atoms with Gasteiger partial charge in [0.15, 0.2) is 0 Å². The first-order valence-electron chi connectivity index (χ1n) is 10.1. The molecule has 27 heavy (non-hydrogen) atoms. The fraction of sp³-hybridized carbons (Fsp3) is 0.545. The Bertz CT molecular complexity index is 788. The molecule has 5 heteroatoms. The first kappa shape index (κ1) is 19.5. The van der Waals surface area contributed by atoms with E-state index < -0.39 is 6.04 Å². The lowest BCUT2D eigenvalue weighted by Crippen LogP contribution is -2.51. The van der Waals surface area contributed by atoms with Crippen LogP contribution in [0, 0.1) is 11.8 Å². The van der Waals surface area contributed by atoms with Crippen molar-refractivity contribution in [3.63, 3.8) is 0 Å². The van der Waals surface area contributed by atoms with Crippen molar-refractivity contribution in [2.24, 2.45) is 11.8 Å². The number of aromatic amines is 1. The number of nitrogens with one attached hydrogen (secondary N) is 2. The molecule has 1 aliphatic heterocycles. The fourth-order valence-corrected chi connectivity index (χ4v) is 3.79. The molecule has 0 aliphatic carbocycles. The number of amides is 2. The molecule has 3 rings (SSSR count). The number of carbonyl (C=O) groups is 2. The maximum atomic E-state index is 13.2. The first-order valence-corrected chi connectivity index (χ1v) is 10.1. The summed E-state index contributed by atoms with van der Waals surface area (Å²) in [6.45, 7) is 7.83. The van der Waals surface area contributed by atoms with Gasteiger partial charge >= 0.3 is 0 Å². The number of piperidine rings is 1. The minimum Gasteiger partial charge on any atom is -0.361 e. The molecule has 1 aromatic heterocycles. The Morgan fingerprint density at radius 2 is 1.93 bits per heavy atom. The van der Waals surface area contributed by atoms with Gasteiger partial charge in [-0.1, -0.05) is 39.0 Å². The second kappa shape index (κ2) is 8.59. The second-order valence-corrected chi connectivity index (χ2v) is 8.29. The summed E-state index contributed by atoms with van der Waals surface area (Å²) in [4.78, 5) is 30.8. The van der Waals surface area contributed by atoms with Crippen molar-refractivity contribution in [2.45, 2.75) is 52.5 Å². The fourth-order valence-electron chi connectivity index (χ4n) is 3.79. The van der Waals surface area contributed by atoms with Crippen LogP contribution in [0.3, 0.4) is 0 Å². The van der Waals surface area contributed by atoms with Crippen molar-refractivity contribution in [3.05, 3.63) is 36.0 Å². The van der Waals surface area contributed by atoms with Gasteiger partial charge in [0.05, 0.1) is 0 Å². The van der Waals surface area contributed by atoms with Crippen LogP contribution in [0.2, 0.25) is 0 Å². The highest BCUT2D eigenvalue weighted by atomic mass is 16.2. The van der Waals surface area contributed by atoms with E-state index in [1.165, 1.54) is 0 Å². The predicted octanol–water partition coefficient (Wildman–Crippen LogP) is 3.50. The predicted molar refractivity (Wildman–Crippen MR) is 108 cm³/mol. The van der Waals surface area contributed by atoms with Crippen molar-refractivity contribution in [2.75, 3.05) is 13.1 Å². The van der Waals surface area contributed by atoms with Crippen LogP contribution < -0.4 is 5.32 Å². The Kier molecular flexibility index (Phi) is 6.19. The molecular weight excluding hydrogens is 338 g/mol. The van der Waals surface area contributed by atoms with Crippen molar-refractivity contribution in [3.8, 4) is 0 Å². The number of hydrogen-bond donors (Lipinski definition) is 2. The second-order valence-electron chi connectivity index (χ2n) is 8.29. The summed E-state index contributed by atoms with van der Waals surface area (Å²) in [7, 11) is 0. The maximum absolute atomic E-state index is 13.2. The van der Waals surface area contributed by atoms with Crippen LogP contribution in [0.1, 0.15) is 45.6 Å². The van der Waals surface area contributed by atoms with Crippen molar-refractivity contribution >= 4 is 22.7 Å². The third-order valence-corrected chi connectivity index (χ3v) is 5.42. The summed E-state index contributed by atoms with van der Waals surface area (Å²) >= 11 is 0. The summed E-state index contributed by atoms with van der Waals surface area (Å²) in [5, 5.41) is 4.13. The SMILES string of the molecule is CC(C)CC(=O)N[C@@H](Cc1c[nH]c2ccccc12)C(=O)N1CCC(C)CC1. The van der Waals surface area contributed by atoms with Gasteiger partial charge in [-0.2, -0.15) is 0 Å². The molecule has 1 fully saturated rings. The molecular formula is C22H31N3O2. The van der Waals surface area contributed by atoms with Crippen LogP contribution in [0.5, 0.6) is 0 Å². The molecule has 0 unspecified atom stereocenters. The van der Waals surface area contributed by atoms with Gasteiger partial charge in [0.2, 0.25) is 11.8 Å². The lowest BCUT2D eigenvalue weighted by molar-refractivity contribution is -0.137. The van der Waals surface area contributed by atoms with E-state index in [9.17, 15) is 9.59 Å². The largest absolute Gasteiger partial charge is 0.361 e. The Morgan fingerprint density at radius 1 is 1.22 bits per heavy atom. The molecule has 1 saturated heterocycles. The number of para-hydroxylation sites is 1. The van der Waals surface area contributed by atoms with Crippen molar-refractivity contribution in [1.29, 1.82) is 0 Å². The van der Waals surface area contributed by atoms with Crippen LogP contribution in [-0.4, -0.2) is 40.8 Å². The lowest BCUT2D eigenvalue weighted by Gasteiger charge is -2.33. The summed E-state index contributed by atoms with van der Waals surface area (Å²) in [6, 6.07) is 7.56. The normalized spacial score (nSPS) is 16.7. The topological polar surface area (TPSA) is 65.2 Å². The summed E-state index contributed by atoms with van der Waals surface area (Å²) in [5.74, 6) is 0.930. The van der Waals surface area contributed by atoms with E-state index in [-0.39, 0.29) is 17.7 Å². The van der Waals surface area contributed by atoms with Gasteiger partial charge < -0.3 is 15.2 Å². The van der Waals surface area contributed by atoms with Crippen molar-refractivity contribution in [1.82, 2.24) is 15.2 Å². The number of fused-ring (bicyclic) bond motifs is 1. The molecule has 1 aromatic carbocycles. The molecule has 0 bridgehead atoms. The zero-order valence-corrected chi connectivity index (χ0v) is 16.6. The minimum absolute atomic E-state index is 0.0456. The Hall–Kier alpha value is -2.30. The van der Waals surface area contributed by atoms with E-state index in [2.05, 4.69) is 23.3 Å². The van der Waals surface area contributed by atoms with E-state index in [0.29, 0.717) is 18.8 Å². The molecule has 0 spiro atoms. The van der Waals surface area contributed by atoms with Crippen LogP contribution in [0.15, 0.2) is 30.5 Å². The molecule has 1 aliphatic rings. The van der Waals surface area contributed by atoms with E-state index in [0.717, 1.165) is 42.4 Å². The molecule has 2 amide bonds. The lowest BCUT2D eigenvalue weighted by atomic mass is 9.97. The number of likely N-dealkylation sites (tertiary alicyclic amines) is 1. The smallest absolute Gasteiger partial charge is 0.245 e. The van der Waals surface area contributed by atoms with Gasteiger partial charge in [-0.3, -0.25) is 9.59 Å². The maximum Gasteiger partial charge on any atom is 0.245 e. The van der Waals surface area contributed by atoms with E-state index in [1.54, 1.807) is 0 Å². The Morgan fingerprint density at radius 3 is 2.63 bits per heavy atom. The third kappa shape index (κ3) is 4.90. The summed E-state index contributed by atoms with van der Waals surface area (Å²) in [6.07, 6.45) is 4.97. The Labute approximate surface area is 161 Å². The van der Waals surface area contributed by atoms with E-state index in [4.69, 9.17) is 0 Å². The van der Waals surface area contributed by atoms with Crippen LogP contribution in [0.25, 0.3) is 10.9 Å². The molecule has 0 saturated carbocycles. The minimum atomic E-state index is -0.510. The number of rotatable bonds is 6. The number of hydrogen-bond acceptors (Lipinski definition) is 2. The molecule has 2 N–H and O–H groups in total. The summed E-state index contributed by atoms with van der Waals surface area (Å²) in [5.41, 5.74) is 2.12. The van der Waals surface area contributed by atoms with Gasteiger partial charge in [-0.05, 0) is 36.3 Å². The standard InChI is InChI=1S/C22H31N3O2/c1-15(2)12-21(26)24-20(22(27)25-10-8-16(3)9-11-25)13-17-14-23-19-7-5-4-6-18(17)19/h4-7,14-16,20,23H,8-13H2,1-3H3,(H,24,26)/t20-/m0/s1. The van der Waals surface area contributed by atoms with Crippen LogP contribution >= 0.6 is 0 Å². The average Bonchev–Trinajstić information content (AvgIpc) is 3.04. The van der Waals surface area contributed by atoms with Gasteiger partial charge in [-0.25, -0.2) is 0 Å². The monoisotopic (exact) mass is 369 g/mol. The van der Waals surface area contributed by atoms with E-state index >= 15 is 0 Å².